The molecule has 0 aromatic heterocycles. The number of aryl methyl sites for hydroxylation is 1. The molecule has 0 aliphatic heterocycles. The first-order valence-electron chi connectivity index (χ1n) is 7.71. The summed E-state index contributed by atoms with van der Waals surface area (Å²) in [6.07, 6.45) is 0. The molecule has 1 atom stereocenters. The van der Waals surface area contributed by atoms with Crippen LogP contribution in [0.2, 0.25) is 0 Å². The molecule has 0 spiro atoms. The highest BCUT2D eigenvalue weighted by Crippen LogP contribution is 2.27. The van der Waals surface area contributed by atoms with Crippen LogP contribution in [0.5, 0.6) is 0 Å². The fourth-order valence-electron chi connectivity index (χ4n) is 2.47. The Morgan fingerprint density at radius 1 is 0.889 bits per heavy atom. The predicted molar refractivity (Wildman–Crippen MR) is 89.0 cm³/mol. The zero-order valence-electron chi connectivity index (χ0n) is 14.7. The van der Waals surface area contributed by atoms with Gasteiger partial charge in [-0.05, 0) is 26.6 Å². The predicted octanol–water partition coefficient (Wildman–Crippen LogP) is 3.27. The monoisotopic (exact) mass is 408 g/mol. The summed E-state index contributed by atoms with van der Waals surface area (Å²) in [5.41, 5.74) is 1.67. The largest absolute Gasteiger partial charge is 0.301 e. The van der Waals surface area contributed by atoms with E-state index in [2.05, 4.69) is 0 Å². The summed E-state index contributed by atoms with van der Waals surface area (Å²) in [7, 11) is -1.70. The van der Waals surface area contributed by atoms with E-state index in [1.165, 1.54) is 0 Å². The molecule has 4 nitrogen and oxygen atoms in total. The van der Waals surface area contributed by atoms with Crippen molar-refractivity contribution in [1.29, 1.82) is 0 Å². The number of rotatable bonds is 6. The third-order valence-corrected chi connectivity index (χ3v) is 5.43. The average Bonchev–Trinajstić information content (AvgIpc) is 2.59. The molecular weight excluding hydrogens is 391 g/mol. The quantitative estimate of drug-likeness (QED) is 0.454. The van der Waals surface area contributed by atoms with E-state index in [0.29, 0.717) is 5.56 Å². The van der Waals surface area contributed by atoms with Gasteiger partial charge in [0.15, 0.2) is 28.2 Å². The number of sulfonamides is 1. The SMILES string of the molecule is Cc1ccc(C(CNS(=O)(=O)c2c(F)c(F)c(F)c(F)c2F)N(C)C)cc1. The Labute approximate surface area is 153 Å². The average molecular weight is 408 g/mol. The van der Waals surface area contributed by atoms with E-state index in [4.69, 9.17) is 0 Å². The van der Waals surface area contributed by atoms with Crippen molar-refractivity contribution in [2.45, 2.75) is 17.9 Å². The van der Waals surface area contributed by atoms with E-state index < -0.39 is 50.0 Å². The Bertz CT molecular complexity index is 918. The Hall–Kier alpha value is -2.04. The van der Waals surface area contributed by atoms with Gasteiger partial charge in [-0.3, -0.25) is 0 Å². The molecular formula is C17H17F5N2O2S. The van der Waals surface area contributed by atoms with Crippen LogP contribution >= 0.6 is 0 Å². The highest BCUT2D eigenvalue weighted by atomic mass is 32.2. The molecule has 1 unspecified atom stereocenters. The molecule has 1 N–H and O–H groups in total. The van der Waals surface area contributed by atoms with Crippen LogP contribution in [0.4, 0.5) is 22.0 Å². The van der Waals surface area contributed by atoms with Gasteiger partial charge in [0.25, 0.3) is 0 Å². The van der Waals surface area contributed by atoms with Crippen molar-refractivity contribution < 1.29 is 30.4 Å². The number of halogens is 5. The van der Waals surface area contributed by atoms with Crippen LogP contribution in [0.1, 0.15) is 17.2 Å². The lowest BCUT2D eigenvalue weighted by atomic mass is 10.0. The van der Waals surface area contributed by atoms with Crippen molar-refractivity contribution in [1.82, 2.24) is 9.62 Å². The Balaban J connectivity index is 2.37. The zero-order chi connectivity index (χ0) is 20.5. The number of nitrogens with zero attached hydrogens (tertiary/aromatic N) is 1. The van der Waals surface area contributed by atoms with Crippen molar-refractivity contribution in [2.24, 2.45) is 0 Å². The molecule has 0 bridgehead atoms. The number of hydrogen-bond donors (Lipinski definition) is 1. The summed E-state index contributed by atoms with van der Waals surface area (Å²) in [6.45, 7) is 1.51. The van der Waals surface area contributed by atoms with Crippen LogP contribution in [-0.4, -0.2) is 34.0 Å². The van der Waals surface area contributed by atoms with E-state index in [0.717, 1.165) is 5.56 Å². The van der Waals surface area contributed by atoms with Gasteiger partial charge in [0, 0.05) is 12.6 Å². The highest BCUT2D eigenvalue weighted by molar-refractivity contribution is 7.89. The lowest BCUT2D eigenvalue weighted by Crippen LogP contribution is -2.35. The van der Waals surface area contributed by atoms with Gasteiger partial charge in [-0.2, -0.15) is 0 Å². The third-order valence-electron chi connectivity index (χ3n) is 3.99. The summed E-state index contributed by atoms with van der Waals surface area (Å²) in [5, 5.41) is 0. The van der Waals surface area contributed by atoms with Gasteiger partial charge in [-0.25, -0.2) is 35.1 Å². The molecule has 0 saturated heterocycles. The molecule has 0 fully saturated rings. The Kier molecular flexibility index (Phi) is 6.23. The standard InChI is InChI=1S/C17H17F5N2O2S/c1-9-4-6-10(7-5-9)11(24(2)3)8-23-27(25,26)17-15(21)13(19)12(18)14(20)16(17)22/h4-7,11,23H,8H2,1-3H3. The smallest absolute Gasteiger partial charge is 0.246 e. The number of nitrogens with one attached hydrogen (secondary N) is 1. The maximum atomic E-state index is 13.8. The van der Waals surface area contributed by atoms with Crippen LogP contribution in [-0.2, 0) is 10.0 Å². The van der Waals surface area contributed by atoms with E-state index in [1.54, 1.807) is 43.3 Å². The van der Waals surface area contributed by atoms with Crippen LogP contribution < -0.4 is 4.72 Å². The molecule has 2 rings (SSSR count). The molecule has 148 valence electrons. The van der Waals surface area contributed by atoms with Gasteiger partial charge < -0.3 is 4.90 Å². The Morgan fingerprint density at radius 2 is 1.33 bits per heavy atom. The van der Waals surface area contributed by atoms with Gasteiger partial charge in [0.2, 0.25) is 15.8 Å². The van der Waals surface area contributed by atoms with Crippen LogP contribution in [0, 0.1) is 36.0 Å². The van der Waals surface area contributed by atoms with Gasteiger partial charge in [-0.1, -0.05) is 29.8 Å². The van der Waals surface area contributed by atoms with Gasteiger partial charge in [-0.15, -0.1) is 0 Å². The van der Waals surface area contributed by atoms with E-state index in [9.17, 15) is 30.4 Å². The lowest BCUT2D eigenvalue weighted by Gasteiger charge is -2.25. The third kappa shape index (κ3) is 4.28. The topological polar surface area (TPSA) is 49.4 Å². The van der Waals surface area contributed by atoms with Crippen LogP contribution in [0.25, 0.3) is 0 Å². The highest BCUT2D eigenvalue weighted by Gasteiger charge is 2.34. The minimum absolute atomic E-state index is 0.349. The summed E-state index contributed by atoms with van der Waals surface area (Å²) in [4.78, 5) is -0.258. The number of benzene rings is 2. The van der Waals surface area contributed by atoms with Gasteiger partial charge >= 0.3 is 0 Å². The molecule has 0 heterocycles. The summed E-state index contributed by atoms with van der Waals surface area (Å²) in [5.74, 6) is -11.9. The molecule has 0 aliphatic rings. The minimum Gasteiger partial charge on any atom is -0.301 e. The molecule has 0 amide bonds. The maximum Gasteiger partial charge on any atom is 0.246 e. The van der Waals surface area contributed by atoms with E-state index in [-0.39, 0.29) is 6.54 Å². The van der Waals surface area contributed by atoms with Gasteiger partial charge in [0.05, 0.1) is 0 Å². The second-order valence-corrected chi connectivity index (χ2v) is 7.84. The van der Waals surface area contributed by atoms with Crippen LogP contribution in [0.3, 0.4) is 0 Å². The fourth-order valence-corrected chi connectivity index (χ4v) is 3.64. The molecule has 0 saturated carbocycles. The normalized spacial score (nSPS) is 13.2. The first kappa shape index (κ1) is 21.3. The van der Waals surface area contributed by atoms with Crippen molar-refractivity contribution in [3.05, 3.63) is 64.5 Å². The number of hydrogen-bond acceptors (Lipinski definition) is 3. The molecule has 10 heteroatoms. The first-order chi connectivity index (χ1) is 12.5. The minimum atomic E-state index is -5.00. The summed E-state index contributed by atoms with van der Waals surface area (Å²) in [6, 6.07) is 6.54. The molecule has 0 aliphatic carbocycles. The Morgan fingerprint density at radius 3 is 1.78 bits per heavy atom. The number of likely N-dealkylation sites (N-methyl/N-ethyl adjacent to an activating group) is 1. The van der Waals surface area contributed by atoms with Crippen molar-refractivity contribution in [3.63, 3.8) is 0 Å². The van der Waals surface area contributed by atoms with Crippen molar-refractivity contribution in [3.8, 4) is 0 Å². The summed E-state index contributed by atoms with van der Waals surface area (Å²) < 4.78 is 93.7. The molecule has 0 radical (unpaired) electrons. The molecule has 2 aromatic rings. The first-order valence-corrected chi connectivity index (χ1v) is 9.19. The zero-order valence-corrected chi connectivity index (χ0v) is 15.5. The fraction of sp³-hybridized carbons (Fsp3) is 0.294. The van der Waals surface area contributed by atoms with Crippen molar-refractivity contribution >= 4 is 10.0 Å². The lowest BCUT2D eigenvalue weighted by molar-refractivity contribution is 0.299. The van der Waals surface area contributed by atoms with Gasteiger partial charge in [0.1, 0.15) is 0 Å². The summed E-state index contributed by atoms with van der Waals surface area (Å²) >= 11 is 0. The van der Waals surface area contributed by atoms with E-state index >= 15 is 0 Å². The van der Waals surface area contributed by atoms with Crippen LogP contribution in [0.15, 0.2) is 29.2 Å². The second-order valence-electron chi connectivity index (χ2n) is 6.14. The van der Waals surface area contributed by atoms with E-state index in [1.807, 2.05) is 11.6 Å². The maximum absolute atomic E-state index is 13.8. The van der Waals surface area contributed by atoms with Crippen molar-refractivity contribution in [2.75, 3.05) is 20.6 Å². The second kappa shape index (κ2) is 7.91. The molecule has 27 heavy (non-hydrogen) atoms. The molecule has 2 aromatic carbocycles.